The summed E-state index contributed by atoms with van der Waals surface area (Å²) in [6.07, 6.45) is 0. The first kappa shape index (κ1) is 12.9. The third-order valence-corrected chi connectivity index (χ3v) is 1.80. The van der Waals surface area contributed by atoms with Crippen molar-refractivity contribution in [2.75, 3.05) is 27.2 Å². The summed E-state index contributed by atoms with van der Waals surface area (Å²) >= 11 is 0. The highest BCUT2D eigenvalue weighted by Gasteiger charge is 2.19. The van der Waals surface area contributed by atoms with Crippen LogP contribution in [0.15, 0.2) is 0 Å². The number of carbonyl (C=O) groups excluding carboxylic acids is 2. The minimum atomic E-state index is -0.400. The number of esters is 1. The van der Waals surface area contributed by atoms with Crippen molar-refractivity contribution in [2.24, 2.45) is 0 Å². The molecule has 0 radical (unpaired) electrons. The molecule has 0 bridgehead atoms. The minimum Gasteiger partial charge on any atom is -0.468 e. The van der Waals surface area contributed by atoms with Crippen LogP contribution in [0, 0.1) is 0 Å². The predicted octanol–water partition coefficient (Wildman–Crippen LogP) is -0.384. The molecule has 0 spiro atoms. The van der Waals surface area contributed by atoms with E-state index >= 15 is 0 Å². The van der Waals surface area contributed by atoms with E-state index in [0.717, 1.165) is 0 Å². The SMILES string of the molecule is CNCC(=O)N(CC(=O)OC)C(C)C. The summed E-state index contributed by atoms with van der Waals surface area (Å²) in [5.74, 6) is -0.504. The van der Waals surface area contributed by atoms with Crippen molar-refractivity contribution < 1.29 is 14.3 Å². The van der Waals surface area contributed by atoms with E-state index in [1.54, 1.807) is 7.05 Å². The summed E-state index contributed by atoms with van der Waals surface area (Å²) in [6.45, 7) is 3.96. The van der Waals surface area contributed by atoms with E-state index in [9.17, 15) is 9.59 Å². The number of amides is 1. The van der Waals surface area contributed by atoms with Crippen molar-refractivity contribution in [2.45, 2.75) is 19.9 Å². The van der Waals surface area contributed by atoms with Gasteiger partial charge in [-0.1, -0.05) is 0 Å². The Labute approximate surface area is 84.4 Å². The first-order chi connectivity index (χ1) is 6.52. The number of hydrogen-bond acceptors (Lipinski definition) is 4. The van der Waals surface area contributed by atoms with Crippen molar-refractivity contribution in [1.29, 1.82) is 0 Å². The minimum absolute atomic E-state index is 0.00468. The van der Waals surface area contributed by atoms with Crippen molar-refractivity contribution in [1.82, 2.24) is 10.2 Å². The van der Waals surface area contributed by atoms with Crippen LogP contribution in [0.25, 0.3) is 0 Å². The standard InChI is InChI=1S/C9H18N2O3/c1-7(2)11(6-9(13)14-4)8(12)5-10-3/h7,10H,5-6H2,1-4H3. The molecule has 0 aromatic rings. The Balaban J connectivity index is 4.29. The van der Waals surface area contributed by atoms with Crippen molar-refractivity contribution in [3.63, 3.8) is 0 Å². The molecule has 14 heavy (non-hydrogen) atoms. The summed E-state index contributed by atoms with van der Waals surface area (Å²) in [5.41, 5.74) is 0. The molecule has 0 aliphatic rings. The topological polar surface area (TPSA) is 58.6 Å². The van der Waals surface area contributed by atoms with E-state index in [1.165, 1.54) is 12.0 Å². The maximum absolute atomic E-state index is 11.5. The van der Waals surface area contributed by atoms with Gasteiger partial charge in [-0.2, -0.15) is 0 Å². The first-order valence-electron chi connectivity index (χ1n) is 4.53. The molecule has 0 saturated heterocycles. The quantitative estimate of drug-likeness (QED) is 0.617. The van der Waals surface area contributed by atoms with Crippen LogP contribution >= 0.6 is 0 Å². The van der Waals surface area contributed by atoms with E-state index in [-0.39, 0.29) is 25.0 Å². The fourth-order valence-corrected chi connectivity index (χ4v) is 1.02. The van der Waals surface area contributed by atoms with Crippen LogP contribution in [0.4, 0.5) is 0 Å². The van der Waals surface area contributed by atoms with Gasteiger partial charge in [0.05, 0.1) is 13.7 Å². The average molecular weight is 202 g/mol. The predicted molar refractivity (Wildman–Crippen MR) is 52.8 cm³/mol. The van der Waals surface area contributed by atoms with Gasteiger partial charge in [0, 0.05) is 6.04 Å². The first-order valence-corrected chi connectivity index (χ1v) is 4.53. The van der Waals surface area contributed by atoms with Crippen LogP contribution in [0.2, 0.25) is 0 Å². The molecule has 0 fully saturated rings. The number of nitrogens with one attached hydrogen (secondary N) is 1. The van der Waals surface area contributed by atoms with Crippen LogP contribution < -0.4 is 5.32 Å². The molecular weight excluding hydrogens is 184 g/mol. The summed E-state index contributed by atoms with van der Waals surface area (Å²) in [4.78, 5) is 24.0. The summed E-state index contributed by atoms with van der Waals surface area (Å²) in [6, 6.07) is -0.00468. The Kier molecular flexibility index (Phi) is 5.87. The van der Waals surface area contributed by atoms with Gasteiger partial charge in [-0.3, -0.25) is 9.59 Å². The Bertz CT molecular complexity index is 204. The second-order valence-corrected chi connectivity index (χ2v) is 3.22. The number of ether oxygens (including phenoxy) is 1. The molecule has 0 aromatic carbocycles. The molecule has 0 rings (SSSR count). The van der Waals surface area contributed by atoms with E-state index < -0.39 is 5.97 Å². The highest BCUT2D eigenvalue weighted by atomic mass is 16.5. The average Bonchev–Trinajstić information content (AvgIpc) is 2.13. The van der Waals surface area contributed by atoms with Gasteiger partial charge in [0.25, 0.3) is 0 Å². The van der Waals surface area contributed by atoms with Gasteiger partial charge in [0.1, 0.15) is 6.54 Å². The van der Waals surface area contributed by atoms with Crippen LogP contribution in [0.5, 0.6) is 0 Å². The van der Waals surface area contributed by atoms with Crippen molar-refractivity contribution in [3.05, 3.63) is 0 Å². The van der Waals surface area contributed by atoms with Crippen LogP contribution in [-0.4, -0.2) is 50.1 Å². The highest BCUT2D eigenvalue weighted by Crippen LogP contribution is 1.98. The third-order valence-electron chi connectivity index (χ3n) is 1.80. The zero-order valence-corrected chi connectivity index (χ0v) is 9.16. The fraction of sp³-hybridized carbons (Fsp3) is 0.778. The maximum Gasteiger partial charge on any atom is 0.325 e. The van der Waals surface area contributed by atoms with E-state index in [1.807, 2.05) is 13.8 Å². The molecule has 1 amide bonds. The van der Waals surface area contributed by atoms with Gasteiger partial charge < -0.3 is 15.0 Å². The monoisotopic (exact) mass is 202 g/mol. The molecule has 0 aliphatic heterocycles. The van der Waals surface area contributed by atoms with E-state index in [2.05, 4.69) is 10.1 Å². The smallest absolute Gasteiger partial charge is 0.325 e. The van der Waals surface area contributed by atoms with Gasteiger partial charge in [0.2, 0.25) is 5.91 Å². The lowest BCUT2D eigenvalue weighted by Crippen LogP contribution is -2.44. The molecule has 5 nitrogen and oxygen atoms in total. The summed E-state index contributed by atoms with van der Waals surface area (Å²) in [5, 5.41) is 2.75. The van der Waals surface area contributed by atoms with Gasteiger partial charge in [-0.25, -0.2) is 0 Å². The second kappa shape index (κ2) is 6.37. The zero-order chi connectivity index (χ0) is 11.1. The molecule has 1 N–H and O–H groups in total. The lowest BCUT2D eigenvalue weighted by molar-refractivity contribution is -0.147. The third kappa shape index (κ3) is 4.23. The Morgan fingerprint density at radius 2 is 2.00 bits per heavy atom. The Morgan fingerprint density at radius 3 is 2.36 bits per heavy atom. The van der Waals surface area contributed by atoms with E-state index in [0.29, 0.717) is 0 Å². The lowest BCUT2D eigenvalue weighted by atomic mass is 10.3. The van der Waals surface area contributed by atoms with Crippen LogP contribution in [0.3, 0.4) is 0 Å². The number of rotatable bonds is 5. The van der Waals surface area contributed by atoms with Crippen LogP contribution in [-0.2, 0) is 14.3 Å². The van der Waals surface area contributed by atoms with E-state index in [4.69, 9.17) is 0 Å². The molecule has 0 atom stereocenters. The van der Waals surface area contributed by atoms with Gasteiger partial charge in [-0.15, -0.1) is 0 Å². The molecule has 0 aromatic heterocycles. The molecule has 0 saturated carbocycles. The lowest BCUT2D eigenvalue weighted by Gasteiger charge is -2.25. The summed E-state index contributed by atoms with van der Waals surface area (Å²) < 4.78 is 4.51. The highest BCUT2D eigenvalue weighted by molar-refractivity contribution is 5.83. The molecule has 0 heterocycles. The Morgan fingerprint density at radius 1 is 1.43 bits per heavy atom. The van der Waals surface area contributed by atoms with Crippen molar-refractivity contribution in [3.8, 4) is 0 Å². The normalized spacial score (nSPS) is 10.1. The summed E-state index contributed by atoms with van der Waals surface area (Å²) in [7, 11) is 3.00. The molecular formula is C9H18N2O3. The molecule has 0 unspecified atom stereocenters. The van der Waals surface area contributed by atoms with Crippen molar-refractivity contribution >= 4 is 11.9 Å². The molecule has 82 valence electrons. The number of carbonyl (C=O) groups is 2. The molecule has 0 aliphatic carbocycles. The van der Waals surface area contributed by atoms with Crippen LogP contribution in [0.1, 0.15) is 13.8 Å². The number of likely N-dealkylation sites (N-methyl/N-ethyl adjacent to an activating group) is 1. The largest absolute Gasteiger partial charge is 0.468 e. The Hall–Kier alpha value is -1.10. The molecule has 5 heteroatoms. The second-order valence-electron chi connectivity index (χ2n) is 3.22. The van der Waals surface area contributed by atoms with Gasteiger partial charge >= 0.3 is 5.97 Å². The number of hydrogen-bond donors (Lipinski definition) is 1. The maximum atomic E-state index is 11.5. The number of methoxy groups -OCH3 is 1. The number of nitrogens with zero attached hydrogens (tertiary/aromatic N) is 1. The van der Waals surface area contributed by atoms with Gasteiger partial charge in [-0.05, 0) is 20.9 Å². The fourth-order valence-electron chi connectivity index (χ4n) is 1.02. The zero-order valence-electron chi connectivity index (χ0n) is 9.16. The van der Waals surface area contributed by atoms with Gasteiger partial charge in [0.15, 0.2) is 0 Å².